The van der Waals surface area contributed by atoms with Gasteiger partial charge in [0.15, 0.2) is 0 Å². The summed E-state index contributed by atoms with van der Waals surface area (Å²) in [5.74, 6) is 1.68. The number of para-hydroxylation sites is 2. The summed E-state index contributed by atoms with van der Waals surface area (Å²) < 4.78 is 7.05. The van der Waals surface area contributed by atoms with Crippen LogP contribution in [-0.4, -0.2) is 0 Å². The minimum atomic E-state index is -0.0766. The molecule has 0 saturated heterocycles. The summed E-state index contributed by atoms with van der Waals surface area (Å²) in [5, 5.41) is 2.23. The summed E-state index contributed by atoms with van der Waals surface area (Å²) in [6.45, 7) is 4.67. The maximum absolute atomic E-state index is 7.05. The predicted octanol–water partition coefficient (Wildman–Crippen LogP) is 15.5. The van der Waals surface area contributed by atoms with Crippen LogP contribution in [0.3, 0.4) is 0 Å². The van der Waals surface area contributed by atoms with Crippen LogP contribution < -0.4 is 14.5 Å². The Labute approximate surface area is 339 Å². The number of nitrogens with zero attached hydrogens (tertiary/aromatic N) is 2. The van der Waals surface area contributed by atoms with Gasteiger partial charge in [-0.25, -0.2) is 0 Å². The Kier molecular flexibility index (Phi) is 7.84. The van der Waals surface area contributed by atoms with E-state index < -0.39 is 0 Å². The fourth-order valence-electron chi connectivity index (χ4n) is 9.28. The van der Waals surface area contributed by atoms with E-state index >= 15 is 0 Å². The molecule has 0 bridgehead atoms. The lowest BCUT2D eigenvalue weighted by Crippen LogP contribution is -2.15. The van der Waals surface area contributed by atoms with E-state index in [9.17, 15) is 0 Å². The number of anilines is 6. The van der Waals surface area contributed by atoms with Gasteiger partial charge < -0.3 is 14.5 Å². The molecule has 1 heterocycles. The van der Waals surface area contributed by atoms with Crippen LogP contribution in [0.15, 0.2) is 206 Å². The molecule has 3 nitrogen and oxygen atoms in total. The van der Waals surface area contributed by atoms with Crippen molar-refractivity contribution >= 4 is 44.9 Å². The summed E-state index contributed by atoms with van der Waals surface area (Å²) in [5.41, 5.74) is 16.3. The second-order valence-electron chi connectivity index (χ2n) is 15.8. The standard InChI is InChI=1S/C55H40N2O/c1-55(2)48-25-13-12-23-45(48)47-35-43(32-33-49(47)55)56(42-30-28-38(29-31-42)37-16-6-3-7-17-37)44-34-39-18-14-24-46-53(39)52(36-44)58-51-27-15-26-50(54(46)51)57(40-19-8-4-9-20-40)41-21-10-5-11-22-41/h3-36H,1-2H3. The zero-order chi connectivity index (χ0) is 38.8. The van der Waals surface area contributed by atoms with Crippen LogP contribution in [0.4, 0.5) is 34.1 Å². The number of hydrogen-bond donors (Lipinski definition) is 0. The monoisotopic (exact) mass is 744 g/mol. The maximum Gasteiger partial charge on any atom is 0.138 e. The largest absolute Gasteiger partial charge is 0.456 e. The molecule has 2 aliphatic rings. The molecule has 0 fully saturated rings. The number of benzene rings is 9. The molecule has 58 heavy (non-hydrogen) atoms. The molecular weight excluding hydrogens is 705 g/mol. The summed E-state index contributed by atoms with van der Waals surface area (Å²) in [4.78, 5) is 4.71. The molecular formula is C55H40N2O. The van der Waals surface area contributed by atoms with Gasteiger partial charge in [-0.3, -0.25) is 0 Å². The third-order valence-corrected chi connectivity index (χ3v) is 12.0. The first-order chi connectivity index (χ1) is 28.5. The zero-order valence-corrected chi connectivity index (χ0v) is 32.4. The predicted molar refractivity (Wildman–Crippen MR) is 242 cm³/mol. The quantitative estimate of drug-likeness (QED) is 0.162. The highest BCUT2D eigenvalue weighted by molar-refractivity contribution is 6.09. The molecule has 0 spiro atoms. The van der Waals surface area contributed by atoms with Crippen LogP contribution in [-0.2, 0) is 5.41 Å². The summed E-state index contributed by atoms with van der Waals surface area (Å²) >= 11 is 0. The van der Waals surface area contributed by atoms with Gasteiger partial charge in [-0.2, -0.15) is 0 Å². The lowest BCUT2D eigenvalue weighted by Gasteiger charge is -2.32. The van der Waals surface area contributed by atoms with Crippen LogP contribution in [0.1, 0.15) is 25.0 Å². The molecule has 0 aromatic heterocycles. The van der Waals surface area contributed by atoms with Gasteiger partial charge in [0, 0.05) is 45.2 Å². The van der Waals surface area contributed by atoms with E-state index in [1.54, 1.807) is 0 Å². The average Bonchev–Trinajstić information content (AvgIpc) is 3.50. The van der Waals surface area contributed by atoms with Gasteiger partial charge in [-0.1, -0.05) is 147 Å². The third-order valence-electron chi connectivity index (χ3n) is 12.0. The van der Waals surface area contributed by atoms with Gasteiger partial charge in [-0.15, -0.1) is 0 Å². The Morgan fingerprint density at radius 3 is 1.71 bits per heavy atom. The van der Waals surface area contributed by atoms with Crippen LogP contribution >= 0.6 is 0 Å². The molecule has 0 N–H and O–H groups in total. The Morgan fingerprint density at radius 1 is 0.379 bits per heavy atom. The SMILES string of the molecule is CC1(C)c2ccccc2-c2cc(N(c3ccc(-c4ccccc4)cc3)c3cc4c5c(cccc5c3)-c3c(cccc3N(c3ccccc3)c3ccccc3)O4)ccc21. The lowest BCUT2D eigenvalue weighted by atomic mass is 9.82. The lowest BCUT2D eigenvalue weighted by molar-refractivity contribution is 0.487. The molecule has 1 aliphatic carbocycles. The first-order valence-corrected chi connectivity index (χ1v) is 20.0. The molecule has 9 aromatic carbocycles. The van der Waals surface area contributed by atoms with E-state index in [0.29, 0.717) is 0 Å². The second kappa shape index (κ2) is 13.4. The molecule has 276 valence electrons. The van der Waals surface area contributed by atoms with Crippen molar-refractivity contribution in [2.75, 3.05) is 9.80 Å². The number of ether oxygens (including phenoxy) is 1. The van der Waals surface area contributed by atoms with Gasteiger partial charge in [0.05, 0.1) is 11.4 Å². The minimum absolute atomic E-state index is 0.0766. The summed E-state index contributed by atoms with van der Waals surface area (Å²) in [6.07, 6.45) is 0. The molecule has 11 rings (SSSR count). The van der Waals surface area contributed by atoms with Crippen LogP contribution in [0.25, 0.3) is 44.2 Å². The van der Waals surface area contributed by atoms with Crippen molar-refractivity contribution in [2.45, 2.75) is 19.3 Å². The van der Waals surface area contributed by atoms with E-state index in [4.69, 9.17) is 4.74 Å². The number of hydrogen-bond acceptors (Lipinski definition) is 3. The first kappa shape index (κ1) is 33.9. The number of fused-ring (bicyclic) bond motifs is 5. The summed E-state index contributed by atoms with van der Waals surface area (Å²) in [6, 6.07) is 74.1. The molecule has 0 saturated carbocycles. The van der Waals surface area contributed by atoms with Crippen molar-refractivity contribution in [3.05, 3.63) is 217 Å². The molecule has 0 radical (unpaired) electrons. The smallest absolute Gasteiger partial charge is 0.138 e. The van der Waals surface area contributed by atoms with E-state index in [1.807, 2.05) is 0 Å². The van der Waals surface area contributed by atoms with E-state index in [1.165, 1.54) is 33.4 Å². The van der Waals surface area contributed by atoms with Crippen molar-refractivity contribution in [2.24, 2.45) is 0 Å². The Morgan fingerprint density at radius 2 is 0.966 bits per heavy atom. The minimum Gasteiger partial charge on any atom is -0.456 e. The van der Waals surface area contributed by atoms with Gasteiger partial charge >= 0.3 is 0 Å². The van der Waals surface area contributed by atoms with Gasteiger partial charge in [0.25, 0.3) is 0 Å². The summed E-state index contributed by atoms with van der Waals surface area (Å²) in [7, 11) is 0. The van der Waals surface area contributed by atoms with E-state index in [-0.39, 0.29) is 5.41 Å². The third kappa shape index (κ3) is 5.43. The van der Waals surface area contributed by atoms with Crippen molar-refractivity contribution in [3.8, 4) is 44.9 Å². The van der Waals surface area contributed by atoms with Crippen molar-refractivity contribution < 1.29 is 4.74 Å². The van der Waals surface area contributed by atoms with Gasteiger partial charge in [0.2, 0.25) is 0 Å². The normalized spacial score (nSPS) is 12.9. The second-order valence-corrected chi connectivity index (χ2v) is 15.8. The highest BCUT2D eigenvalue weighted by Gasteiger charge is 2.36. The van der Waals surface area contributed by atoms with Crippen molar-refractivity contribution in [1.82, 2.24) is 0 Å². The molecule has 3 heteroatoms. The van der Waals surface area contributed by atoms with Gasteiger partial charge in [0.1, 0.15) is 11.5 Å². The maximum atomic E-state index is 7.05. The first-order valence-electron chi connectivity index (χ1n) is 20.0. The van der Waals surface area contributed by atoms with Crippen molar-refractivity contribution in [3.63, 3.8) is 0 Å². The van der Waals surface area contributed by atoms with Crippen LogP contribution in [0.5, 0.6) is 11.5 Å². The van der Waals surface area contributed by atoms with E-state index in [0.717, 1.165) is 67.5 Å². The Balaban J connectivity index is 1.09. The zero-order valence-electron chi connectivity index (χ0n) is 32.4. The highest BCUT2D eigenvalue weighted by Crippen LogP contribution is 2.55. The highest BCUT2D eigenvalue weighted by atomic mass is 16.5. The molecule has 0 atom stereocenters. The van der Waals surface area contributed by atoms with Crippen LogP contribution in [0, 0.1) is 0 Å². The molecule has 0 amide bonds. The Hall–Kier alpha value is -7.36. The fourth-order valence-corrected chi connectivity index (χ4v) is 9.28. The molecule has 9 aromatic rings. The topological polar surface area (TPSA) is 15.7 Å². The fraction of sp³-hybridized carbons (Fsp3) is 0.0545. The van der Waals surface area contributed by atoms with Gasteiger partial charge in [-0.05, 0) is 111 Å². The molecule has 0 unspecified atom stereocenters. The average molecular weight is 745 g/mol. The Bertz CT molecular complexity index is 2950. The van der Waals surface area contributed by atoms with E-state index in [2.05, 4.69) is 230 Å². The number of rotatable bonds is 7. The molecule has 1 aliphatic heterocycles. The van der Waals surface area contributed by atoms with Crippen LogP contribution in [0.2, 0.25) is 0 Å². The van der Waals surface area contributed by atoms with Crippen molar-refractivity contribution in [1.29, 1.82) is 0 Å².